The second-order valence-corrected chi connectivity index (χ2v) is 2.45. The molecule has 0 saturated heterocycles. The molecule has 0 saturated carbocycles. The van der Waals surface area contributed by atoms with Crippen LogP contribution in [0, 0.1) is 0 Å². The molecule has 5 heteroatoms. The monoisotopic (exact) mass is 201 g/mol. The maximum Gasteiger partial charge on any atom is 0.332 e. The zero-order chi connectivity index (χ0) is 11.0. The minimum absolute atomic E-state index is 0.0463. The smallest absolute Gasteiger partial charge is 0.332 e. The Labute approximate surface area is 83.1 Å². The van der Waals surface area contributed by atoms with E-state index in [-0.39, 0.29) is 6.61 Å². The van der Waals surface area contributed by atoms with Crippen molar-refractivity contribution in [2.45, 2.75) is 13.8 Å². The molecule has 0 rings (SSSR count). The number of nitrogens with one attached hydrogen (secondary N) is 1. The van der Waals surface area contributed by atoms with E-state index in [0.717, 1.165) is 0 Å². The van der Waals surface area contributed by atoms with Crippen LogP contribution in [0.1, 0.15) is 13.8 Å². The van der Waals surface area contributed by atoms with Gasteiger partial charge < -0.3 is 14.8 Å². The summed E-state index contributed by atoms with van der Waals surface area (Å²) in [7, 11) is 1.63. The van der Waals surface area contributed by atoms with Crippen molar-refractivity contribution in [2.75, 3.05) is 20.3 Å². The summed E-state index contributed by atoms with van der Waals surface area (Å²) in [6, 6.07) is 0. The Kier molecular flexibility index (Phi) is 6.19. The number of hydrogen-bond acceptors (Lipinski definition) is 5. The summed E-state index contributed by atoms with van der Waals surface area (Å²) in [5.74, 6) is -0.848. The van der Waals surface area contributed by atoms with Gasteiger partial charge >= 0.3 is 11.9 Å². The quantitative estimate of drug-likeness (QED) is 0.509. The molecule has 0 aromatic heterocycles. The van der Waals surface area contributed by atoms with Gasteiger partial charge in [-0.05, 0) is 6.92 Å². The van der Waals surface area contributed by atoms with E-state index in [1.54, 1.807) is 14.0 Å². The molecule has 0 aliphatic rings. The zero-order valence-corrected chi connectivity index (χ0v) is 8.62. The fourth-order valence-electron chi connectivity index (χ4n) is 0.692. The molecule has 0 unspecified atom stereocenters. The molecule has 0 atom stereocenters. The Balaban J connectivity index is 4.10. The third-order valence-electron chi connectivity index (χ3n) is 1.33. The molecule has 5 nitrogen and oxygen atoms in total. The normalized spacial score (nSPS) is 10.6. The molecule has 0 heterocycles. The van der Waals surface area contributed by atoms with Crippen LogP contribution in [0.15, 0.2) is 11.8 Å². The van der Waals surface area contributed by atoms with Crippen molar-refractivity contribution in [2.24, 2.45) is 0 Å². The van der Waals surface area contributed by atoms with Gasteiger partial charge in [-0.15, -0.1) is 0 Å². The second kappa shape index (κ2) is 6.94. The largest absolute Gasteiger partial charge is 0.463 e. The van der Waals surface area contributed by atoms with Gasteiger partial charge in [-0.1, -0.05) is 0 Å². The first kappa shape index (κ1) is 12.5. The van der Waals surface area contributed by atoms with Crippen LogP contribution in [0.5, 0.6) is 0 Å². The number of hydrogen-bond donors (Lipinski definition) is 1. The van der Waals surface area contributed by atoms with Gasteiger partial charge in [-0.2, -0.15) is 0 Å². The average Bonchev–Trinajstić information content (AvgIpc) is 2.12. The van der Waals surface area contributed by atoms with E-state index in [1.165, 1.54) is 13.0 Å². The Hall–Kier alpha value is -1.52. The average molecular weight is 201 g/mol. The predicted molar refractivity (Wildman–Crippen MR) is 50.4 cm³/mol. The van der Waals surface area contributed by atoms with Crippen LogP contribution in [0.3, 0.4) is 0 Å². The molecule has 0 aliphatic heterocycles. The van der Waals surface area contributed by atoms with E-state index < -0.39 is 11.9 Å². The lowest BCUT2D eigenvalue weighted by atomic mass is 10.4. The first-order valence-electron chi connectivity index (χ1n) is 4.28. The number of ether oxygens (including phenoxy) is 2. The molecule has 0 aliphatic carbocycles. The van der Waals surface area contributed by atoms with E-state index >= 15 is 0 Å². The van der Waals surface area contributed by atoms with Crippen molar-refractivity contribution in [3.05, 3.63) is 11.8 Å². The molecule has 0 bridgehead atoms. The zero-order valence-electron chi connectivity index (χ0n) is 8.62. The molecule has 14 heavy (non-hydrogen) atoms. The molecule has 1 N–H and O–H groups in total. The van der Waals surface area contributed by atoms with Crippen LogP contribution in [0.4, 0.5) is 0 Å². The Morgan fingerprint density at radius 3 is 2.43 bits per heavy atom. The van der Waals surface area contributed by atoms with Crippen molar-refractivity contribution in [3.8, 4) is 0 Å². The fraction of sp³-hybridized carbons (Fsp3) is 0.556. The van der Waals surface area contributed by atoms with Gasteiger partial charge in [-0.25, -0.2) is 4.79 Å². The van der Waals surface area contributed by atoms with E-state index in [0.29, 0.717) is 12.3 Å². The molecule has 0 radical (unpaired) electrons. The highest BCUT2D eigenvalue weighted by molar-refractivity contribution is 5.82. The highest BCUT2D eigenvalue weighted by atomic mass is 16.5. The summed E-state index contributed by atoms with van der Waals surface area (Å²) in [4.78, 5) is 21.5. The number of likely N-dealkylation sites (N-methyl/N-ethyl adjacent to an activating group) is 1. The van der Waals surface area contributed by atoms with E-state index in [4.69, 9.17) is 4.74 Å². The van der Waals surface area contributed by atoms with E-state index in [1.807, 2.05) is 0 Å². The summed E-state index contributed by atoms with van der Waals surface area (Å²) in [6.45, 7) is 3.39. The third kappa shape index (κ3) is 6.05. The third-order valence-corrected chi connectivity index (χ3v) is 1.33. The summed E-state index contributed by atoms with van der Waals surface area (Å²) >= 11 is 0. The van der Waals surface area contributed by atoms with E-state index in [9.17, 15) is 9.59 Å². The summed E-state index contributed by atoms with van der Waals surface area (Å²) in [5.41, 5.74) is 0.499. The van der Waals surface area contributed by atoms with Gasteiger partial charge in [0.25, 0.3) is 0 Å². The molecular weight excluding hydrogens is 186 g/mol. The van der Waals surface area contributed by atoms with Gasteiger partial charge in [0.05, 0.1) is 12.3 Å². The maximum absolute atomic E-state index is 11.0. The van der Waals surface area contributed by atoms with E-state index in [2.05, 4.69) is 10.1 Å². The van der Waals surface area contributed by atoms with Gasteiger partial charge in [0.15, 0.2) is 0 Å². The van der Waals surface area contributed by atoms with Crippen LogP contribution in [-0.2, 0) is 19.1 Å². The van der Waals surface area contributed by atoms with Crippen LogP contribution in [-0.4, -0.2) is 32.2 Å². The molecule has 0 aromatic rings. The number of carbonyl (C=O) groups excluding carboxylic acids is 2. The highest BCUT2D eigenvalue weighted by Gasteiger charge is 2.02. The molecule has 0 amide bonds. The van der Waals surface area contributed by atoms with Crippen LogP contribution in [0.2, 0.25) is 0 Å². The van der Waals surface area contributed by atoms with Crippen molar-refractivity contribution in [1.29, 1.82) is 0 Å². The first-order chi connectivity index (χ1) is 6.60. The Morgan fingerprint density at radius 2 is 2.00 bits per heavy atom. The van der Waals surface area contributed by atoms with Gasteiger partial charge in [0.1, 0.15) is 6.61 Å². The molecule has 0 fully saturated rings. The summed E-state index contributed by atoms with van der Waals surface area (Å²) in [5, 5.41) is 2.73. The van der Waals surface area contributed by atoms with Gasteiger partial charge in [-0.3, -0.25) is 4.79 Å². The van der Waals surface area contributed by atoms with Crippen molar-refractivity contribution in [3.63, 3.8) is 0 Å². The van der Waals surface area contributed by atoms with Gasteiger partial charge in [0.2, 0.25) is 0 Å². The fourth-order valence-corrected chi connectivity index (χ4v) is 0.692. The Morgan fingerprint density at radius 1 is 1.36 bits per heavy atom. The molecule has 80 valence electrons. The van der Waals surface area contributed by atoms with Crippen LogP contribution < -0.4 is 5.32 Å². The first-order valence-corrected chi connectivity index (χ1v) is 4.28. The standard InChI is InChI=1S/C9H15NO4/c1-4-13-9(12)5-8(10-3)6-14-7(2)11/h5,10H,4,6H2,1-3H3/b8-5-. The molecule has 0 aromatic carbocycles. The SMILES string of the molecule is CCOC(=O)/C=C(/COC(C)=O)NC. The van der Waals surface area contributed by atoms with Crippen molar-refractivity contribution < 1.29 is 19.1 Å². The highest BCUT2D eigenvalue weighted by Crippen LogP contribution is 1.92. The lowest BCUT2D eigenvalue weighted by Crippen LogP contribution is -2.16. The Bertz CT molecular complexity index is 235. The molecule has 0 spiro atoms. The lowest BCUT2D eigenvalue weighted by Gasteiger charge is -2.06. The number of carbonyl (C=O) groups is 2. The summed E-state index contributed by atoms with van der Waals surface area (Å²) < 4.78 is 9.38. The van der Waals surface area contributed by atoms with Crippen molar-refractivity contribution >= 4 is 11.9 Å². The minimum atomic E-state index is -0.455. The topological polar surface area (TPSA) is 64.6 Å². The molecular formula is C9H15NO4. The van der Waals surface area contributed by atoms with Gasteiger partial charge in [0, 0.05) is 20.0 Å². The van der Waals surface area contributed by atoms with Crippen molar-refractivity contribution in [1.82, 2.24) is 5.32 Å². The minimum Gasteiger partial charge on any atom is -0.463 e. The predicted octanol–water partition coefficient (Wildman–Crippen LogP) is 0.216. The maximum atomic E-state index is 11.0. The number of rotatable bonds is 5. The van der Waals surface area contributed by atoms with Crippen LogP contribution >= 0.6 is 0 Å². The number of esters is 2. The second-order valence-electron chi connectivity index (χ2n) is 2.45. The van der Waals surface area contributed by atoms with Crippen LogP contribution in [0.25, 0.3) is 0 Å². The summed E-state index contributed by atoms with van der Waals surface area (Å²) in [6.07, 6.45) is 1.26. The lowest BCUT2D eigenvalue weighted by molar-refractivity contribution is -0.141.